The van der Waals surface area contributed by atoms with Crippen LogP contribution in [-0.2, 0) is 0 Å². The summed E-state index contributed by atoms with van der Waals surface area (Å²) < 4.78 is 13.4. The maximum Gasteiger partial charge on any atom is 0.260 e. The summed E-state index contributed by atoms with van der Waals surface area (Å²) >= 11 is 0. The summed E-state index contributed by atoms with van der Waals surface area (Å²) in [5.41, 5.74) is 10.7. The van der Waals surface area contributed by atoms with Crippen LogP contribution in [0, 0.1) is 12.1 Å². The van der Waals surface area contributed by atoms with Crippen LogP contribution < -0.4 is 25.9 Å². The van der Waals surface area contributed by atoms with Crippen molar-refractivity contribution in [2.75, 3.05) is 0 Å². The van der Waals surface area contributed by atoms with Gasteiger partial charge >= 0.3 is 0 Å². The molecule has 0 N–H and O–H groups in total. The van der Waals surface area contributed by atoms with Crippen molar-refractivity contribution in [1.82, 2.24) is 0 Å². The highest BCUT2D eigenvalue weighted by Gasteiger charge is 2.40. The second kappa shape index (κ2) is 10.3. The van der Waals surface area contributed by atoms with Gasteiger partial charge in [0.15, 0.2) is 0 Å². The lowest BCUT2D eigenvalue weighted by atomic mass is 9.35. The average Bonchev–Trinajstić information content (AvgIpc) is 3.14. The van der Waals surface area contributed by atoms with Crippen LogP contribution in [0.1, 0.15) is 18.4 Å². The fourth-order valence-electron chi connectivity index (χ4n) is 7.93. The van der Waals surface area contributed by atoms with E-state index in [1.807, 2.05) is 18.2 Å². The van der Waals surface area contributed by atoms with Crippen molar-refractivity contribution in [3.8, 4) is 45.3 Å². The Kier molecular flexibility index (Phi) is 5.74. The van der Waals surface area contributed by atoms with Gasteiger partial charge in [0.1, 0.15) is 23.0 Å². The van der Waals surface area contributed by atoms with E-state index in [1.54, 1.807) is 0 Å². The first-order valence-corrected chi connectivity index (χ1v) is 16.3. The highest BCUT2D eigenvalue weighted by molar-refractivity contribution is 6.98. The van der Waals surface area contributed by atoms with E-state index in [0.717, 1.165) is 74.1 Å². The monoisotopic (exact) mass is 598 g/mol. The first-order valence-electron chi connectivity index (χ1n) is 16.3. The van der Waals surface area contributed by atoms with Crippen molar-refractivity contribution >= 4 is 50.2 Å². The highest BCUT2D eigenvalue weighted by Crippen LogP contribution is 2.47. The van der Waals surface area contributed by atoms with Crippen LogP contribution in [0.5, 0.6) is 23.0 Å². The number of hydrogen-bond acceptors (Lipinski definition) is 2. The zero-order valence-corrected chi connectivity index (χ0v) is 25.6. The first-order chi connectivity index (χ1) is 23.3. The van der Waals surface area contributed by atoms with Crippen LogP contribution in [-0.4, -0.2) is 6.71 Å². The van der Waals surface area contributed by atoms with Crippen molar-refractivity contribution in [3.05, 3.63) is 157 Å². The molecule has 7 aromatic carbocycles. The van der Waals surface area contributed by atoms with E-state index in [0.29, 0.717) is 0 Å². The lowest BCUT2D eigenvalue weighted by Crippen LogP contribution is -2.57. The van der Waals surface area contributed by atoms with Gasteiger partial charge in [-0.05, 0) is 104 Å². The van der Waals surface area contributed by atoms with Crippen LogP contribution >= 0.6 is 0 Å². The molecule has 218 valence electrons. The number of allylic oxidation sites excluding steroid dienone is 4. The molecule has 3 heteroatoms. The minimum Gasteiger partial charge on any atom is -0.458 e. The third-order valence-corrected chi connectivity index (χ3v) is 9.92. The number of para-hydroxylation sites is 2. The zero-order chi connectivity index (χ0) is 30.9. The van der Waals surface area contributed by atoms with Crippen molar-refractivity contribution in [3.63, 3.8) is 0 Å². The van der Waals surface area contributed by atoms with Gasteiger partial charge < -0.3 is 9.47 Å². The molecule has 2 nitrogen and oxygen atoms in total. The Morgan fingerprint density at radius 2 is 1.23 bits per heavy atom. The van der Waals surface area contributed by atoms with E-state index in [-0.39, 0.29) is 6.71 Å². The molecule has 47 heavy (non-hydrogen) atoms. The fraction of sp³-hybridized carbons (Fsp3) is 0.0455. The summed E-state index contributed by atoms with van der Waals surface area (Å²) in [6.07, 6.45) is 8.78. The Labute approximate surface area is 274 Å². The fourth-order valence-corrected chi connectivity index (χ4v) is 7.93. The Morgan fingerprint density at radius 3 is 1.94 bits per heavy atom. The van der Waals surface area contributed by atoms with Crippen LogP contribution in [0.4, 0.5) is 0 Å². The van der Waals surface area contributed by atoms with E-state index < -0.39 is 0 Å². The van der Waals surface area contributed by atoms with E-state index in [1.165, 1.54) is 33.0 Å². The van der Waals surface area contributed by atoms with Gasteiger partial charge in [-0.2, -0.15) is 0 Å². The Balaban J connectivity index is 1.26. The Morgan fingerprint density at radius 1 is 0.596 bits per heavy atom. The molecular weight excluding hydrogens is 571 g/mol. The molecule has 0 aromatic heterocycles. The van der Waals surface area contributed by atoms with Crippen molar-refractivity contribution < 1.29 is 9.47 Å². The van der Waals surface area contributed by atoms with Crippen molar-refractivity contribution in [2.45, 2.75) is 12.8 Å². The summed E-state index contributed by atoms with van der Waals surface area (Å²) in [5, 5.41) is 4.55. The number of fused-ring (bicyclic) bond motifs is 6. The molecule has 0 atom stereocenters. The molecule has 2 heterocycles. The molecule has 0 unspecified atom stereocenters. The van der Waals surface area contributed by atoms with Gasteiger partial charge in [0, 0.05) is 16.4 Å². The summed E-state index contributed by atoms with van der Waals surface area (Å²) in [6.45, 7) is 0.0446. The molecule has 0 spiro atoms. The maximum absolute atomic E-state index is 6.70. The molecule has 0 bridgehead atoms. The van der Waals surface area contributed by atoms with E-state index in [9.17, 15) is 0 Å². The summed E-state index contributed by atoms with van der Waals surface area (Å²) in [4.78, 5) is 0. The van der Waals surface area contributed by atoms with E-state index in [4.69, 9.17) is 9.47 Å². The van der Waals surface area contributed by atoms with Crippen LogP contribution in [0.2, 0.25) is 0 Å². The minimum atomic E-state index is 0.0446. The normalized spacial score (nSPS) is 14.0. The van der Waals surface area contributed by atoms with Crippen LogP contribution in [0.25, 0.3) is 49.4 Å². The third kappa shape index (κ3) is 3.95. The van der Waals surface area contributed by atoms with Gasteiger partial charge in [-0.3, -0.25) is 0 Å². The lowest BCUT2D eigenvalue weighted by Gasteiger charge is -2.33. The van der Waals surface area contributed by atoms with Gasteiger partial charge in [-0.25, -0.2) is 0 Å². The number of rotatable bonds is 3. The Hall–Kier alpha value is -5.98. The molecule has 0 radical (unpaired) electrons. The summed E-state index contributed by atoms with van der Waals surface area (Å²) in [6, 6.07) is 49.8. The second-order valence-electron chi connectivity index (χ2n) is 12.5. The van der Waals surface area contributed by atoms with Gasteiger partial charge in [0.2, 0.25) is 0 Å². The lowest BCUT2D eigenvalue weighted by molar-refractivity contribution is 0.465. The summed E-state index contributed by atoms with van der Waals surface area (Å²) in [7, 11) is 0. The quantitative estimate of drug-likeness (QED) is 0.189. The molecule has 0 saturated carbocycles. The van der Waals surface area contributed by atoms with Crippen molar-refractivity contribution in [2.24, 2.45) is 0 Å². The van der Waals surface area contributed by atoms with Crippen LogP contribution in [0.3, 0.4) is 0 Å². The third-order valence-electron chi connectivity index (χ3n) is 9.92. The standard InChI is InChI=1S/C44H27BO2/c1-2-14-28(15-3-1)30-16-4-5-17-31(30)43-34-20-8-6-18-32(34)42(33-19-7-9-21-35(33)43)29-26-40-44-41(27-29)47-39-25-13-11-23-37(39)45(44)36-22-10-12-24-38(36)46-40/h1-2,4-8,10-14,16-20,22-27H,3,15H2. The maximum atomic E-state index is 6.70. The van der Waals surface area contributed by atoms with Crippen LogP contribution in [0.15, 0.2) is 140 Å². The predicted molar refractivity (Wildman–Crippen MR) is 194 cm³/mol. The molecular formula is C44H27BO2. The van der Waals surface area contributed by atoms with Gasteiger partial charge in [0.25, 0.3) is 6.71 Å². The minimum absolute atomic E-state index is 0.0446. The van der Waals surface area contributed by atoms with Gasteiger partial charge in [-0.15, -0.1) is 0 Å². The smallest absolute Gasteiger partial charge is 0.260 e. The molecule has 10 rings (SSSR count). The summed E-state index contributed by atoms with van der Waals surface area (Å²) in [5.74, 6) is 3.46. The van der Waals surface area contributed by atoms with Gasteiger partial charge in [-0.1, -0.05) is 115 Å². The number of hydrogen-bond donors (Lipinski definition) is 0. The molecule has 1 aliphatic carbocycles. The molecule has 7 aromatic rings. The number of ether oxygens (including phenoxy) is 2. The van der Waals surface area contributed by atoms with Crippen molar-refractivity contribution in [1.29, 1.82) is 0 Å². The molecule has 0 amide bonds. The molecule has 3 aliphatic rings. The number of benzene rings is 6. The highest BCUT2D eigenvalue weighted by atomic mass is 16.5. The largest absolute Gasteiger partial charge is 0.458 e. The predicted octanol–water partition coefficient (Wildman–Crippen LogP) is 9.39. The van der Waals surface area contributed by atoms with Gasteiger partial charge in [0.05, 0.1) is 0 Å². The van der Waals surface area contributed by atoms with E-state index >= 15 is 0 Å². The first kappa shape index (κ1) is 26.3. The SMILES string of the molecule is c1ccc2c(-c3cc4c5c(c3)Oc3ccccc3B5c3ccccc3O4)c3ccccc3c(-c3ccccc3C3=CC=CCC3)c2c#1. The molecule has 0 fully saturated rings. The Bertz CT molecular complexity index is 2360. The molecule has 2 aliphatic heterocycles. The zero-order valence-electron chi connectivity index (χ0n) is 25.6. The topological polar surface area (TPSA) is 18.5 Å². The second-order valence-corrected chi connectivity index (χ2v) is 12.5. The molecule has 0 saturated heterocycles. The average molecular weight is 599 g/mol. The van der Waals surface area contributed by atoms with E-state index in [2.05, 4.69) is 133 Å².